The maximum Gasteiger partial charge on any atom is 0.374 e. The summed E-state index contributed by atoms with van der Waals surface area (Å²) >= 11 is 0. The molecular weight excluding hydrogens is 476 g/mol. The molecule has 9 heteroatoms. The minimum atomic E-state index is -0.909. The molecule has 4 heterocycles. The summed E-state index contributed by atoms with van der Waals surface area (Å²) in [7, 11) is 0. The van der Waals surface area contributed by atoms with Crippen LogP contribution < -0.4 is 5.43 Å². The zero-order chi connectivity index (χ0) is 25.4. The van der Waals surface area contributed by atoms with Crippen LogP contribution in [0.15, 0.2) is 95.8 Å². The van der Waals surface area contributed by atoms with E-state index in [1.807, 2.05) is 24.3 Å². The van der Waals surface area contributed by atoms with Gasteiger partial charge in [0.15, 0.2) is 12.0 Å². The average Bonchev–Trinajstić information content (AvgIpc) is 3.68. The van der Waals surface area contributed by atoms with E-state index in [1.165, 1.54) is 5.01 Å². The molecule has 0 radical (unpaired) electrons. The van der Waals surface area contributed by atoms with Crippen LogP contribution in [0.4, 0.5) is 0 Å². The van der Waals surface area contributed by atoms with Gasteiger partial charge in [0.25, 0.3) is 5.91 Å². The highest BCUT2D eigenvalue weighted by molar-refractivity contribution is 6.08. The first-order chi connectivity index (χ1) is 18.1. The van der Waals surface area contributed by atoms with Crippen LogP contribution in [0, 0.1) is 5.92 Å². The molecular formula is C28H22N2O7. The van der Waals surface area contributed by atoms with E-state index in [2.05, 4.69) is 5.10 Å². The summed E-state index contributed by atoms with van der Waals surface area (Å²) in [6.07, 6.45) is 7.66. The Hall–Kier alpha value is -4.66. The van der Waals surface area contributed by atoms with E-state index in [4.69, 9.17) is 18.0 Å². The molecule has 9 nitrogen and oxygen atoms in total. The van der Waals surface area contributed by atoms with Crippen molar-refractivity contribution in [1.29, 1.82) is 0 Å². The molecule has 2 atom stereocenters. The van der Waals surface area contributed by atoms with Gasteiger partial charge in [0.1, 0.15) is 23.1 Å². The zero-order valence-corrected chi connectivity index (χ0v) is 19.7. The number of amides is 1. The maximum atomic E-state index is 13.3. The van der Waals surface area contributed by atoms with E-state index in [-0.39, 0.29) is 22.7 Å². The Morgan fingerprint density at radius 2 is 1.92 bits per heavy atom. The number of hydrazone groups is 1. The molecule has 1 aliphatic carbocycles. The molecule has 1 saturated carbocycles. The minimum absolute atomic E-state index is 0.0701. The molecule has 0 N–H and O–H groups in total. The Kier molecular flexibility index (Phi) is 5.80. The number of rotatable bonds is 5. The topological polar surface area (TPSA) is 115 Å². The number of hydrogen-bond donors (Lipinski definition) is 0. The molecule has 4 aromatic rings. The lowest BCUT2D eigenvalue weighted by Crippen LogP contribution is -2.34. The van der Waals surface area contributed by atoms with Gasteiger partial charge in [-0.2, -0.15) is 5.10 Å². The van der Waals surface area contributed by atoms with Crippen LogP contribution in [0.2, 0.25) is 0 Å². The van der Waals surface area contributed by atoms with Crippen LogP contribution >= 0.6 is 0 Å². The Morgan fingerprint density at radius 1 is 1.08 bits per heavy atom. The number of allylic oxidation sites excluding steroid dienone is 1. The second kappa shape index (κ2) is 9.42. The summed E-state index contributed by atoms with van der Waals surface area (Å²) in [5.41, 5.74) is 1.68. The molecule has 0 saturated heterocycles. The number of nitrogens with zero attached hydrogens (tertiary/aromatic N) is 2. The third kappa shape index (κ3) is 4.29. The van der Waals surface area contributed by atoms with Crippen LogP contribution in [-0.4, -0.2) is 29.2 Å². The van der Waals surface area contributed by atoms with E-state index in [9.17, 15) is 14.4 Å². The van der Waals surface area contributed by atoms with Crippen molar-refractivity contribution in [1.82, 2.24) is 5.01 Å². The summed E-state index contributed by atoms with van der Waals surface area (Å²) in [4.78, 5) is 38.3. The average molecular weight is 498 g/mol. The molecule has 0 bridgehead atoms. The number of furan rings is 2. The summed E-state index contributed by atoms with van der Waals surface area (Å²) in [6, 6.07) is 14.4. The number of hydrogen-bond acceptors (Lipinski definition) is 8. The third-order valence-corrected chi connectivity index (χ3v) is 6.61. The van der Waals surface area contributed by atoms with Crippen LogP contribution in [0.5, 0.6) is 0 Å². The number of fused-ring (bicyclic) bond motifs is 2. The van der Waals surface area contributed by atoms with Gasteiger partial charge in [0, 0.05) is 12.0 Å². The normalized spacial score (nSPS) is 20.2. The quantitative estimate of drug-likeness (QED) is 0.357. The van der Waals surface area contributed by atoms with Crippen LogP contribution in [0.1, 0.15) is 47.4 Å². The molecule has 1 aliphatic heterocycles. The zero-order valence-electron chi connectivity index (χ0n) is 19.7. The molecule has 186 valence electrons. The lowest BCUT2D eigenvalue weighted by Gasteiger charge is -2.27. The van der Waals surface area contributed by atoms with Crippen molar-refractivity contribution in [2.24, 2.45) is 11.0 Å². The maximum absolute atomic E-state index is 13.3. The molecule has 0 spiro atoms. The summed E-state index contributed by atoms with van der Waals surface area (Å²) < 4.78 is 21.9. The molecule has 1 aromatic carbocycles. The lowest BCUT2D eigenvalue weighted by atomic mass is 9.79. The van der Waals surface area contributed by atoms with Gasteiger partial charge in [-0.1, -0.05) is 12.1 Å². The number of carbonyl (C=O) groups is 2. The molecule has 2 unspecified atom stereocenters. The van der Waals surface area contributed by atoms with Crippen molar-refractivity contribution in [3.05, 3.63) is 100 Å². The first-order valence-corrected chi connectivity index (χ1v) is 12.0. The summed E-state index contributed by atoms with van der Waals surface area (Å²) in [5, 5.41) is 6.37. The highest BCUT2D eigenvalue weighted by atomic mass is 16.5. The van der Waals surface area contributed by atoms with Crippen molar-refractivity contribution in [2.45, 2.75) is 25.3 Å². The lowest BCUT2D eigenvalue weighted by molar-refractivity contribution is -0.137. The van der Waals surface area contributed by atoms with E-state index >= 15 is 0 Å². The fraction of sp³-hybridized carbons (Fsp3) is 0.214. The van der Waals surface area contributed by atoms with Crippen LogP contribution in [-0.2, 0) is 9.53 Å². The van der Waals surface area contributed by atoms with Crippen molar-refractivity contribution in [2.75, 3.05) is 6.61 Å². The standard InChI is InChI=1S/C28H22N2O7/c31-21-15-24(37-22-10-2-1-8-19(21)22)28(33)36-16-25(32)30-27(23-11-5-13-35-23)20-9-3-6-17(26(20)29-30)14-18-7-4-12-34-18/h1-2,4-5,7-8,10-15,20,27H,3,6,9,16H2/b17-14+. The number of para-hydroxylation sites is 1. The predicted molar refractivity (Wildman–Crippen MR) is 133 cm³/mol. The predicted octanol–water partition coefficient (Wildman–Crippen LogP) is 4.96. The SMILES string of the molecule is O=C(OCC(=O)N1N=C2/C(=C/c3ccco3)CCCC2C1c1ccco1)c1cc(=O)c2ccccc2o1. The minimum Gasteiger partial charge on any atom is -0.467 e. The number of ether oxygens (including phenoxy) is 1. The highest BCUT2D eigenvalue weighted by Crippen LogP contribution is 2.44. The van der Waals surface area contributed by atoms with Gasteiger partial charge in [0.2, 0.25) is 5.76 Å². The Bertz CT molecular complexity index is 1580. The Labute approximate surface area is 210 Å². The molecule has 3 aromatic heterocycles. The molecule has 6 rings (SSSR count). The van der Waals surface area contributed by atoms with Gasteiger partial charge in [-0.3, -0.25) is 9.59 Å². The van der Waals surface area contributed by atoms with Crippen molar-refractivity contribution >= 4 is 34.6 Å². The van der Waals surface area contributed by atoms with E-state index in [1.54, 1.807) is 42.9 Å². The largest absolute Gasteiger partial charge is 0.467 e. The smallest absolute Gasteiger partial charge is 0.374 e. The number of benzene rings is 1. The van der Waals surface area contributed by atoms with Gasteiger partial charge < -0.3 is 18.0 Å². The molecule has 1 amide bonds. The second-order valence-corrected chi connectivity index (χ2v) is 8.91. The van der Waals surface area contributed by atoms with E-state index in [0.717, 1.165) is 36.6 Å². The van der Waals surface area contributed by atoms with Crippen molar-refractivity contribution < 1.29 is 27.6 Å². The fourth-order valence-electron chi connectivity index (χ4n) is 4.96. The van der Waals surface area contributed by atoms with Crippen LogP contribution in [0.25, 0.3) is 17.0 Å². The molecule has 2 aliphatic rings. The summed E-state index contributed by atoms with van der Waals surface area (Å²) in [6.45, 7) is -0.576. The van der Waals surface area contributed by atoms with Gasteiger partial charge in [-0.05, 0) is 67.3 Å². The molecule has 1 fully saturated rings. The van der Waals surface area contributed by atoms with Crippen molar-refractivity contribution in [3.63, 3.8) is 0 Å². The number of esters is 1. The van der Waals surface area contributed by atoms with E-state index in [0.29, 0.717) is 16.9 Å². The molecule has 37 heavy (non-hydrogen) atoms. The fourth-order valence-corrected chi connectivity index (χ4v) is 4.96. The summed E-state index contributed by atoms with van der Waals surface area (Å²) in [5.74, 6) is -0.458. The van der Waals surface area contributed by atoms with Crippen LogP contribution in [0.3, 0.4) is 0 Å². The van der Waals surface area contributed by atoms with Gasteiger partial charge in [-0.15, -0.1) is 0 Å². The van der Waals surface area contributed by atoms with Gasteiger partial charge in [-0.25, -0.2) is 9.80 Å². The second-order valence-electron chi connectivity index (χ2n) is 8.91. The Morgan fingerprint density at radius 3 is 2.73 bits per heavy atom. The first kappa shape index (κ1) is 22.8. The van der Waals surface area contributed by atoms with Gasteiger partial charge in [0.05, 0.1) is 23.6 Å². The first-order valence-electron chi connectivity index (χ1n) is 12.0. The van der Waals surface area contributed by atoms with Gasteiger partial charge >= 0.3 is 5.97 Å². The third-order valence-electron chi connectivity index (χ3n) is 6.61. The number of carbonyl (C=O) groups excluding carboxylic acids is 2. The monoisotopic (exact) mass is 498 g/mol. The van der Waals surface area contributed by atoms with E-state index < -0.39 is 24.5 Å². The van der Waals surface area contributed by atoms with Crippen molar-refractivity contribution in [3.8, 4) is 0 Å². The Balaban J connectivity index is 1.25. The highest BCUT2D eigenvalue weighted by Gasteiger charge is 2.45.